The average molecular weight is 407 g/mol. The number of hydrogen-bond acceptors (Lipinski definition) is 3. The number of carbonyl (C=O) groups excluding carboxylic acids is 1. The van der Waals surface area contributed by atoms with Crippen LogP contribution >= 0.6 is 11.6 Å². The summed E-state index contributed by atoms with van der Waals surface area (Å²) in [7, 11) is 0. The van der Waals surface area contributed by atoms with Gasteiger partial charge in [0, 0.05) is 12.6 Å². The van der Waals surface area contributed by atoms with Gasteiger partial charge in [-0.3, -0.25) is 4.79 Å². The Hall–Kier alpha value is -2.80. The van der Waals surface area contributed by atoms with Crippen molar-refractivity contribution in [2.45, 2.75) is 19.8 Å². The Morgan fingerprint density at radius 3 is 2.68 bits per heavy atom. The van der Waals surface area contributed by atoms with Crippen LogP contribution in [-0.4, -0.2) is 17.6 Å². The molecule has 0 unspecified atom stereocenters. The number of anilines is 1. The number of amides is 1. The first-order valence-electron chi connectivity index (χ1n) is 8.59. The van der Waals surface area contributed by atoms with Crippen molar-refractivity contribution < 1.29 is 22.5 Å². The molecule has 0 radical (unpaired) electrons. The quantitative estimate of drug-likeness (QED) is 0.579. The molecular formula is C20H14ClF3N2O2. The molecule has 1 aliphatic rings. The number of aromatic nitrogens is 1. The van der Waals surface area contributed by atoms with Crippen molar-refractivity contribution in [2.75, 3.05) is 11.4 Å². The number of rotatable bonds is 2. The maximum absolute atomic E-state index is 14.4. The van der Waals surface area contributed by atoms with Crippen molar-refractivity contribution in [3.63, 3.8) is 0 Å². The van der Waals surface area contributed by atoms with Crippen molar-refractivity contribution in [1.29, 1.82) is 0 Å². The molecule has 3 aromatic rings. The van der Waals surface area contributed by atoms with Crippen LogP contribution in [0.25, 0.3) is 11.3 Å². The lowest BCUT2D eigenvalue weighted by atomic mass is 9.99. The lowest BCUT2D eigenvalue weighted by molar-refractivity contribution is 0.0984. The van der Waals surface area contributed by atoms with Crippen molar-refractivity contribution in [1.82, 2.24) is 5.16 Å². The molecule has 0 spiro atoms. The Morgan fingerprint density at radius 1 is 1.18 bits per heavy atom. The van der Waals surface area contributed by atoms with Crippen molar-refractivity contribution in [3.05, 3.63) is 69.7 Å². The van der Waals surface area contributed by atoms with E-state index in [0.29, 0.717) is 24.9 Å². The molecule has 2 aromatic carbocycles. The molecule has 0 fully saturated rings. The van der Waals surface area contributed by atoms with Gasteiger partial charge in [-0.2, -0.15) is 0 Å². The largest absolute Gasteiger partial charge is 0.360 e. The van der Waals surface area contributed by atoms with Gasteiger partial charge >= 0.3 is 0 Å². The molecule has 1 aliphatic heterocycles. The number of halogens is 4. The molecule has 28 heavy (non-hydrogen) atoms. The fourth-order valence-corrected chi connectivity index (χ4v) is 3.69. The Bertz CT molecular complexity index is 1080. The van der Waals surface area contributed by atoms with E-state index in [4.69, 9.17) is 16.1 Å². The topological polar surface area (TPSA) is 46.3 Å². The molecule has 0 saturated carbocycles. The molecule has 1 amide bonds. The van der Waals surface area contributed by atoms with Gasteiger partial charge in [0.1, 0.15) is 22.8 Å². The van der Waals surface area contributed by atoms with E-state index in [9.17, 15) is 18.0 Å². The minimum atomic E-state index is -1.04. The molecule has 2 heterocycles. The molecule has 4 rings (SSSR count). The Labute approximate surface area is 163 Å². The molecule has 4 nitrogen and oxygen atoms in total. The van der Waals surface area contributed by atoms with Gasteiger partial charge in [0.15, 0.2) is 11.6 Å². The summed E-state index contributed by atoms with van der Waals surface area (Å²) in [5.74, 6) is -3.03. The smallest absolute Gasteiger partial charge is 0.264 e. The first kappa shape index (κ1) is 18.6. The molecule has 144 valence electrons. The number of benzene rings is 2. The number of carbonyl (C=O) groups is 1. The van der Waals surface area contributed by atoms with Crippen molar-refractivity contribution in [3.8, 4) is 11.3 Å². The Kier molecular flexibility index (Phi) is 4.63. The lowest BCUT2D eigenvalue weighted by Crippen LogP contribution is -2.36. The predicted molar refractivity (Wildman–Crippen MR) is 98.0 cm³/mol. The summed E-state index contributed by atoms with van der Waals surface area (Å²) < 4.78 is 46.9. The number of fused-ring (bicyclic) bond motifs is 1. The van der Waals surface area contributed by atoms with Crippen LogP contribution in [0, 0.1) is 24.4 Å². The van der Waals surface area contributed by atoms with E-state index < -0.39 is 23.4 Å². The Balaban J connectivity index is 1.84. The van der Waals surface area contributed by atoms with E-state index >= 15 is 0 Å². The first-order chi connectivity index (χ1) is 13.4. The standard InChI is InChI=1S/C20H14ClF3N2O2/c1-10-17(19(25-28-10)18-12(21)5-2-6-13(18)22)20(27)26-7-3-4-11-8-14(23)15(24)9-16(11)26/h2,5-6,8-9H,3-4,7H2,1H3. The van der Waals surface area contributed by atoms with E-state index in [1.54, 1.807) is 0 Å². The molecule has 1 aromatic heterocycles. The third-order valence-corrected chi connectivity index (χ3v) is 5.08. The molecule has 0 atom stereocenters. The van der Waals surface area contributed by atoms with Crippen LogP contribution < -0.4 is 4.90 Å². The predicted octanol–water partition coefficient (Wildman–Crippen LogP) is 5.31. The van der Waals surface area contributed by atoms with Crippen LogP contribution in [-0.2, 0) is 6.42 Å². The molecular weight excluding hydrogens is 393 g/mol. The summed E-state index contributed by atoms with van der Waals surface area (Å²) in [5, 5.41) is 3.91. The third-order valence-electron chi connectivity index (χ3n) is 4.76. The van der Waals surface area contributed by atoms with Crippen LogP contribution in [0.2, 0.25) is 5.02 Å². The van der Waals surface area contributed by atoms with E-state index in [1.165, 1.54) is 30.0 Å². The molecule has 0 aliphatic carbocycles. The van der Waals surface area contributed by atoms with E-state index in [-0.39, 0.29) is 33.3 Å². The van der Waals surface area contributed by atoms with Gasteiger partial charge < -0.3 is 9.42 Å². The van der Waals surface area contributed by atoms with Gasteiger partial charge in [0.25, 0.3) is 5.91 Å². The zero-order chi connectivity index (χ0) is 20.0. The van der Waals surface area contributed by atoms with Gasteiger partial charge in [-0.25, -0.2) is 13.2 Å². The van der Waals surface area contributed by atoms with Crippen LogP contribution in [0.1, 0.15) is 28.1 Å². The highest BCUT2D eigenvalue weighted by Gasteiger charge is 2.32. The maximum Gasteiger partial charge on any atom is 0.264 e. The number of aryl methyl sites for hydroxylation is 2. The minimum absolute atomic E-state index is 0.0275. The summed E-state index contributed by atoms with van der Waals surface area (Å²) in [4.78, 5) is 14.6. The number of hydrogen-bond donors (Lipinski definition) is 0. The van der Waals surface area contributed by atoms with E-state index in [0.717, 1.165) is 12.1 Å². The van der Waals surface area contributed by atoms with Crippen LogP contribution in [0.4, 0.5) is 18.9 Å². The summed E-state index contributed by atoms with van der Waals surface area (Å²) >= 11 is 6.12. The third kappa shape index (κ3) is 2.96. The lowest BCUT2D eigenvalue weighted by Gasteiger charge is -2.29. The zero-order valence-corrected chi connectivity index (χ0v) is 15.5. The minimum Gasteiger partial charge on any atom is -0.360 e. The van der Waals surface area contributed by atoms with Gasteiger partial charge in [-0.05, 0) is 43.5 Å². The van der Waals surface area contributed by atoms with Gasteiger partial charge in [0.2, 0.25) is 0 Å². The zero-order valence-electron chi connectivity index (χ0n) is 14.7. The van der Waals surface area contributed by atoms with Crippen LogP contribution in [0.15, 0.2) is 34.9 Å². The second-order valence-electron chi connectivity index (χ2n) is 6.51. The summed E-state index contributed by atoms with van der Waals surface area (Å²) in [5.41, 5.74) is 0.760. The normalized spacial score (nSPS) is 13.5. The summed E-state index contributed by atoms with van der Waals surface area (Å²) in [6.07, 6.45) is 1.09. The van der Waals surface area contributed by atoms with E-state index in [1.807, 2.05) is 0 Å². The van der Waals surface area contributed by atoms with Crippen LogP contribution in [0.5, 0.6) is 0 Å². The van der Waals surface area contributed by atoms with Gasteiger partial charge in [-0.15, -0.1) is 0 Å². The SMILES string of the molecule is Cc1onc(-c2c(F)cccc2Cl)c1C(=O)N1CCCc2cc(F)c(F)cc21. The highest BCUT2D eigenvalue weighted by atomic mass is 35.5. The average Bonchev–Trinajstić information content (AvgIpc) is 3.03. The second-order valence-corrected chi connectivity index (χ2v) is 6.92. The molecule has 0 bridgehead atoms. The van der Waals surface area contributed by atoms with E-state index in [2.05, 4.69) is 5.16 Å². The van der Waals surface area contributed by atoms with Gasteiger partial charge in [0.05, 0.1) is 16.3 Å². The summed E-state index contributed by atoms with van der Waals surface area (Å²) in [6.45, 7) is 1.82. The van der Waals surface area contributed by atoms with Crippen molar-refractivity contribution in [2.24, 2.45) is 0 Å². The molecule has 0 saturated heterocycles. The second kappa shape index (κ2) is 6.98. The fraction of sp³-hybridized carbons (Fsp3) is 0.200. The highest BCUT2D eigenvalue weighted by molar-refractivity contribution is 6.33. The molecule has 8 heteroatoms. The first-order valence-corrected chi connectivity index (χ1v) is 8.96. The van der Waals surface area contributed by atoms with Gasteiger partial charge in [-0.1, -0.05) is 22.8 Å². The molecule has 0 N–H and O–H groups in total. The fourth-order valence-electron chi connectivity index (χ4n) is 3.44. The number of nitrogens with zero attached hydrogens (tertiary/aromatic N) is 2. The van der Waals surface area contributed by atoms with Crippen LogP contribution in [0.3, 0.4) is 0 Å². The summed E-state index contributed by atoms with van der Waals surface area (Å²) in [6, 6.07) is 6.22. The monoisotopic (exact) mass is 406 g/mol. The maximum atomic E-state index is 14.4. The Morgan fingerprint density at radius 2 is 1.93 bits per heavy atom. The highest BCUT2D eigenvalue weighted by Crippen LogP contribution is 2.36. The van der Waals surface area contributed by atoms with Crippen molar-refractivity contribution >= 4 is 23.2 Å².